The Kier molecular flexibility index (Phi) is 4.28. The number of aliphatic hydroxyl groups is 1. The number of hydrogen-bond donors (Lipinski definition) is 3. The highest BCUT2D eigenvalue weighted by molar-refractivity contribution is 5.89. The number of ether oxygens (including phenoxy) is 1. The van der Waals surface area contributed by atoms with Crippen LogP contribution in [0.4, 0.5) is 0 Å². The predicted octanol–water partition coefficient (Wildman–Crippen LogP) is 2.07. The molecular weight excluding hydrogens is 410 g/mol. The summed E-state index contributed by atoms with van der Waals surface area (Å²) in [6, 6.07) is 6.97. The largest absolute Gasteiger partial charge is 0.508 e. The molecule has 0 aliphatic carbocycles. The molecule has 0 bridgehead atoms. The van der Waals surface area contributed by atoms with Crippen LogP contribution in [-0.4, -0.2) is 31.3 Å². The fourth-order valence-electron chi connectivity index (χ4n) is 4.74. The summed E-state index contributed by atoms with van der Waals surface area (Å²) in [5.41, 5.74) is 7.50. The van der Waals surface area contributed by atoms with Crippen molar-refractivity contribution >= 4 is 16.9 Å². The van der Waals surface area contributed by atoms with Crippen molar-refractivity contribution in [2.45, 2.75) is 57.9 Å². The van der Waals surface area contributed by atoms with Crippen LogP contribution in [0, 0.1) is 0 Å². The van der Waals surface area contributed by atoms with Crippen molar-refractivity contribution in [3.63, 3.8) is 0 Å². The average molecular weight is 435 g/mol. The first kappa shape index (κ1) is 20.7. The topological polar surface area (TPSA) is 128 Å². The normalized spacial score (nSPS) is 19.5. The van der Waals surface area contributed by atoms with Gasteiger partial charge in [-0.05, 0) is 51.0 Å². The molecule has 1 aromatic carbocycles. The molecule has 1 atom stereocenters. The van der Waals surface area contributed by atoms with E-state index >= 15 is 0 Å². The van der Waals surface area contributed by atoms with Crippen molar-refractivity contribution in [2.24, 2.45) is 5.73 Å². The van der Waals surface area contributed by atoms with E-state index in [1.54, 1.807) is 29.7 Å². The van der Waals surface area contributed by atoms with Crippen LogP contribution in [0.1, 0.15) is 49.4 Å². The Balaban J connectivity index is 1.74. The fourth-order valence-corrected chi connectivity index (χ4v) is 4.74. The summed E-state index contributed by atoms with van der Waals surface area (Å²) in [5, 5.41) is 22.2. The highest BCUT2D eigenvalue weighted by Crippen LogP contribution is 2.39. The summed E-state index contributed by atoms with van der Waals surface area (Å²) in [6.45, 7) is 5.60. The van der Waals surface area contributed by atoms with Gasteiger partial charge in [-0.25, -0.2) is 9.78 Å². The van der Waals surface area contributed by atoms with E-state index in [1.807, 2.05) is 19.9 Å². The van der Waals surface area contributed by atoms with Gasteiger partial charge in [-0.1, -0.05) is 6.92 Å². The molecule has 0 saturated heterocycles. The molecule has 2 aromatic heterocycles. The number of fused-ring (bicyclic) bond motifs is 5. The van der Waals surface area contributed by atoms with Crippen LogP contribution in [0.3, 0.4) is 0 Å². The SMILES string of the molecule is CCC1(O)C(=O)OCc2c1cc1n(c2=O)Cc2cc3c(CC(C)(C)N)c(O)ccc3nc2-1. The zero-order valence-electron chi connectivity index (χ0n) is 18.2. The van der Waals surface area contributed by atoms with Gasteiger partial charge in [-0.2, -0.15) is 0 Å². The second-order valence-electron chi connectivity index (χ2n) is 9.39. The van der Waals surface area contributed by atoms with Crippen LogP contribution < -0.4 is 11.3 Å². The van der Waals surface area contributed by atoms with Crippen molar-refractivity contribution in [1.82, 2.24) is 9.55 Å². The molecule has 1 unspecified atom stereocenters. The molecule has 3 aromatic rings. The predicted molar refractivity (Wildman–Crippen MR) is 118 cm³/mol. The third-order valence-electron chi connectivity index (χ3n) is 6.41. The van der Waals surface area contributed by atoms with E-state index in [9.17, 15) is 19.8 Å². The number of benzene rings is 1. The van der Waals surface area contributed by atoms with Crippen molar-refractivity contribution < 1.29 is 19.7 Å². The van der Waals surface area contributed by atoms with Crippen LogP contribution in [0.5, 0.6) is 5.75 Å². The molecule has 8 heteroatoms. The smallest absolute Gasteiger partial charge is 0.343 e. The Labute approximate surface area is 184 Å². The lowest BCUT2D eigenvalue weighted by Gasteiger charge is -2.31. The second kappa shape index (κ2) is 6.63. The number of aromatic hydroxyl groups is 1. The maximum Gasteiger partial charge on any atom is 0.343 e. The van der Waals surface area contributed by atoms with Crippen molar-refractivity contribution in [3.8, 4) is 17.1 Å². The molecule has 2 aliphatic rings. The van der Waals surface area contributed by atoms with E-state index in [1.165, 1.54) is 0 Å². The van der Waals surface area contributed by atoms with Gasteiger partial charge in [0.1, 0.15) is 12.4 Å². The van der Waals surface area contributed by atoms with E-state index in [0.717, 1.165) is 10.9 Å². The Morgan fingerprint density at radius 2 is 2.03 bits per heavy atom. The molecule has 8 nitrogen and oxygen atoms in total. The zero-order chi connectivity index (χ0) is 23.0. The summed E-state index contributed by atoms with van der Waals surface area (Å²) >= 11 is 0. The third kappa shape index (κ3) is 2.87. The fraction of sp³-hybridized carbons (Fsp3) is 0.375. The van der Waals surface area contributed by atoms with Crippen LogP contribution in [-0.2, 0) is 34.7 Å². The van der Waals surface area contributed by atoms with E-state index in [2.05, 4.69) is 0 Å². The minimum absolute atomic E-state index is 0.0945. The monoisotopic (exact) mass is 435 g/mol. The van der Waals surface area contributed by atoms with Crippen LogP contribution >= 0.6 is 0 Å². The van der Waals surface area contributed by atoms with Gasteiger partial charge >= 0.3 is 5.97 Å². The number of rotatable bonds is 3. The van der Waals surface area contributed by atoms with Gasteiger partial charge in [-0.15, -0.1) is 0 Å². The molecule has 166 valence electrons. The number of carbonyl (C=O) groups is 1. The van der Waals surface area contributed by atoms with Gasteiger partial charge in [-0.3, -0.25) is 4.79 Å². The first-order valence-electron chi connectivity index (χ1n) is 10.6. The van der Waals surface area contributed by atoms with Crippen LogP contribution in [0.25, 0.3) is 22.3 Å². The van der Waals surface area contributed by atoms with Gasteiger partial charge in [0.25, 0.3) is 5.56 Å². The molecule has 0 fully saturated rings. The average Bonchev–Trinajstić information content (AvgIpc) is 3.09. The lowest BCUT2D eigenvalue weighted by molar-refractivity contribution is -0.172. The van der Waals surface area contributed by atoms with Gasteiger partial charge < -0.3 is 25.3 Å². The number of pyridine rings is 2. The number of hydrogen-bond acceptors (Lipinski definition) is 7. The molecule has 4 N–H and O–H groups in total. The summed E-state index contributed by atoms with van der Waals surface area (Å²) in [7, 11) is 0. The number of phenols is 1. The highest BCUT2D eigenvalue weighted by Gasteiger charge is 2.45. The summed E-state index contributed by atoms with van der Waals surface area (Å²) < 4.78 is 6.70. The minimum Gasteiger partial charge on any atom is -0.508 e. The van der Waals surface area contributed by atoms with Crippen molar-refractivity contribution in [3.05, 3.63) is 56.9 Å². The Hall–Kier alpha value is -3.23. The number of aromatic nitrogens is 2. The quantitative estimate of drug-likeness (QED) is 0.420. The number of carbonyl (C=O) groups excluding carboxylic acids is 1. The van der Waals surface area contributed by atoms with Gasteiger partial charge in [0.2, 0.25) is 0 Å². The lowest BCUT2D eigenvalue weighted by Crippen LogP contribution is -2.44. The van der Waals surface area contributed by atoms with E-state index in [-0.39, 0.29) is 24.3 Å². The molecule has 0 spiro atoms. The summed E-state index contributed by atoms with van der Waals surface area (Å²) in [5.74, 6) is -0.587. The molecule has 4 heterocycles. The molecule has 32 heavy (non-hydrogen) atoms. The van der Waals surface area contributed by atoms with Gasteiger partial charge in [0.15, 0.2) is 5.60 Å². The van der Waals surface area contributed by atoms with Crippen molar-refractivity contribution in [1.29, 1.82) is 0 Å². The Morgan fingerprint density at radius 1 is 1.28 bits per heavy atom. The van der Waals surface area contributed by atoms with Crippen molar-refractivity contribution in [2.75, 3.05) is 0 Å². The number of nitrogens with zero attached hydrogens (tertiary/aromatic N) is 2. The summed E-state index contributed by atoms with van der Waals surface area (Å²) in [4.78, 5) is 30.4. The number of nitrogens with two attached hydrogens (primary N) is 1. The first-order valence-corrected chi connectivity index (χ1v) is 10.6. The van der Waals surface area contributed by atoms with E-state index < -0.39 is 17.1 Å². The standard InChI is InChI=1S/C24H25N3O5/c1-4-24(31)16-8-18-20-12(10-27(18)21(29)15(16)11-32-22(24)30)7-13-14(9-23(2,3)25)19(28)6-5-17(13)26-20/h5-8,28,31H,4,9-11,25H2,1-3H3. The minimum atomic E-state index is -1.85. The molecule has 5 rings (SSSR count). The Bertz CT molecular complexity index is 1370. The third-order valence-corrected chi connectivity index (χ3v) is 6.41. The number of cyclic esters (lactones) is 1. The summed E-state index contributed by atoms with van der Waals surface area (Å²) in [6.07, 6.45) is 0.554. The maximum absolute atomic E-state index is 13.3. The molecule has 0 radical (unpaired) electrons. The zero-order valence-corrected chi connectivity index (χ0v) is 18.2. The van der Waals surface area contributed by atoms with Gasteiger partial charge in [0.05, 0.1) is 29.0 Å². The first-order chi connectivity index (χ1) is 15.0. The number of phenolic OH excluding ortho intramolecular Hbond substituents is 1. The molecule has 0 amide bonds. The number of esters is 1. The van der Waals surface area contributed by atoms with Gasteiger partial charge in [0, 0.05) is 27.6 Å². The Morgan fingerprint density at radius 3 is 2.72 bits per heavy atom. The molecular formula is C24H25N3O5. The molecule has 0 saturated carbocycles. The second-order valence-corrected chi connectivity index (χ2v) is 9.39. The van der Waals surface area contributed by atoms with E-state index in [4.69, 9.17) is 15.5 Å². The molecule has 2 aliphatic heterocycles. The van der Waals surface area contributed by atoms with E-state index in [0.29, 0.717) is 46.6 Å². The van der Waals surface area contributed by atoms with Crippen LogP contribution in [0.2, 0.25) is 0 Å². The highest BCUT2D eigenvalue weighted by atomic mass is 16.6. The van der Waals surface area contributed by atoms with Crippen LogP contribution in [0.15, 0.2) is 29.1 Å². The maximum atomic E-state index is 13.3. The lowest BCUT2D eigenvalue weighted by atomic mass is 9.86.